The Labute approximate surface area is 118 Å². The first-order chi connectivity index (χ1) is 8.76. The average molecular weight is 282 g/mol. The zero-order valence-corrected chi connectivity index (χ0v) is 13.9. The summed E-state index contributed by atoms with van der Waals surface area (Å²) in [7, 11) is -0.124. The molecule has 0 heterocycles. The van der Waals surface area contributed by atoms with Gasteiger partial charge in [-0.15, -0.1) is 0 Å². The van der Waals surface area contributed by atoms with Crippen LogP contribution < -0.4 is 4.43 Å². The van der Waals surface area contributed by atoms with E-state index in [1.165, 1.54) is 0 Å². The minimum absolute atomic E-state index is 0.216. The molecule has 0 radical (unpaired) electrons. The molecule has 108 valence electrons. The molecule has 4 heteroatoms. The Kier molecular flexibility index (Phi) is 5.59. The van der Waals surface area contributed by atoms with Crippen LogP contribution in [-0.2, 0) is 16.1 Å². The fourth-order valence-electron chi connectivity index (χ4n) is 1.34. The molecule has 3 nitrogen and oxygen atoms in total. The summed E-state index contributed by atoms with van der Waals surface area (Å²) in [4.78, 5) is 0. The van der Waals surface area contributed by atoms with Gasteiger partial charge >= 0.3 is 0 Å². The zero-order valence-electron chi connectivity index (χ0n) is 12.9. The Morgan fingerprint density at radius 3 is 2.11 bits per heavy atom. The fraction of sp³-hybridized carbons (Fsp3) is 0.600. The van der Waals surface area contributed by atoms with Crippen LogP contribution in [0.25, 0.3) is 0 Å². The van der Waals surface area contributed by atoms with Crippen LogP contribution in [0.15, 0.2) is 24.3 Å². The minimum atomic E-state index is -1.75. The number of hydrogen-bond donors (Lipinski definition) is 0. The number of rotatable bonds is 6. The van der Waals surface area contributed by atoms with E-state index in [0.717, 1.165) is 11.3 Å². The van der Waals surface area contributed by atoms with E-state index >= 15 is 0 Å². The average Bonchev–Trinajstić information content (AvgIpc) is 2.30. The number of methoxy groups -OCH3 is 1. The Hall–Kier alpha value is -0.843. The van der Waals surface area contributed by atoms with Crippen molar-refractivity contribution >= 4 is 8.32 Å². The van der Waals surface area contributed by atoms with Gasteiger partial charge in [-0.3, -0.25) is 0 Å². The Bertz CT molecular complexity index is 379. The number of benzene rings is 1. The quantitative estimate of drug-likeness (QED) is 0.445. The highest BCUT2D eigenvalue weighted by Gasteiger charge is 2.38. The molecule has 0 saturated carbocycles. The lowest BCUT2D eigenvalue weighted by atomic mass is 10.2. The van der Waals surface area contributed by atoms with Crippen LogP contribution >= 0.6 is 0 Å². The topological polar surface area (TPSA) is 27.7 Å². The van der Waals surface area contributed by atoms with Crippen molar-refractivity contribution in [3.05, 3.63) is 29.8 Å². The predicted octanol–water partition coefficient (Wildman–Crippen LogP) is 4.19. The van der Waals surface area contributed by atoms with Crippen LogP contribution in [0.3, 0.4) is 0 Å². The fourth-order valence-corrected chi connectivity index (χ4v) is 2.38. The second kappa shape index (κ2) is 6.55. The molecule has 0 fully saturated rings. The van der Waals surface area contributed by atoms with Crippen LogP contribution in [0.1, 0.15) is 26.3 Å². The van der Waals surface area contributed by atoms with E-state index in [1.54, 1.807) is 7.11 Å². The summed E-state index contributed by atoms with van der Waals surface area (Å²) in [5, 5.41) is 0.216. The van der Waals surface area contributed by atoms with Crippen molar-refractivity contribution in [2.24, 2.45) is 0 Å². The van der Waals surface area contributed by atoms with Crippen molar-refractivity contribution in [1.29, 1.82) is 0 Å². The van der Waals surface area contributed by atoms with Gasteiger partial charge in [0.05, 0.1) is 6.61 Å². The van der Waals surface area contributed by atoms with Crippen molar-refractivity contribution in [2.45, 2.75) is 45.5 Å². The highest BCUT2D eigenvalue weighted by molar-refractivity contribution is 6.74. The molecule has 0 saturated heterocycles. The highest BCUT2D eigenvalue weighted by atomic mass is 28.4. The van der Waals surface area contributed by atoms with Crippen molar-refractivity contribution in [2.75, 3.05) is 13.9 Å². The molecule has 1 aromatic rings. The van der Waals surface area contributed by atoms with Crippen molar-refractivity contribution in [3.8, 4) is 5.75 Å². The molecule has 0 spiro atoms. The molecular formula is C15H26O3Si. The maximum Gasteiger partial charge on any atom is 0.250 e. The Balaban J connectivity index is 2.62. The van der Waals surface area contributed by atoms with Crippen molar-refractivity contribution in [1.82, 2.24) is 0 Å². The van der Waals surface area contributed by atoms with Crippen molar-refractivity contribution < 1.29 is 13.9 Å². The summed E-state index contributed by atoms with van der Waals surface area (Å²) in [6, 6.07) is 8.12. The smallest absolute Gasteiger partial charge is 0.250 e. The zero-order chi connectivity index (χ0) is 14.5. The third-order valence-electron chi connectivity index (χ3n) is 3.57. The summed E-state index contributed by atoms with van der Waals surface area (Å²) in [5.74, 6) is 0.946. The second-order valence-electron chi connectivity index (χ2n) is 6.26. The van der Waals surface area contributed by atoms with Crippen molar-refractivity contribution in [3.63, 3.8) is 0 Å². The van der Waals surface area contributed by atoms with Gasteiger partial charge in [0.15, 0.2) is 0 Å². The third kappa shape index (κ3) is 4.97. The molecule has 0 unspecified atom stereocenters. The van der Waals surface area contributed by atoms with E-state index in [0.29, 0.717) is 13.4 Å². The lowest BCUT2D eigenvalue weighted by Gasteiger charge is -2.36. The van der Waals surface area contributed by atoms with Gasteiger partial charge in [-0.05, 0) is 35.8 Å². The number of hydrogen-bond acceptors (Lipinski definition) is 3. The van der Waals surface area contributed by atoms with E-state index in [9.17, 15) is 0 Å². The molecule has 0 aliphatic carbocycles. The van der Waals surface area contributed by atoms with Crippen LogP contribution in [-0.4, -0.2) is 22.2 Å². The molecule has 0 amide bonds. The normalized spacial score (nSPS) is 12.5. The molecule has 1 aromatic carbocycles. The van der Waals surface area contributed by atoms with Gasteiger partial charge in [0.25, 0.3) is 0 Å². The second-order valence-corrected chi connectivity index (χ2v) is 11.0. The predicted molar refractivity (Wildman–Crippen MR) is 80.9 cm³/mol. The van der Waals surface area contributed by atoms with Crippen LogP contribution in [0.4, 0.5) is 0 Å². The maximum atomic E-state index is 6.22. The van der Waals surface area contributed by atoms with E-state index < -0.39 is 8.32 Å². The summed E-state index contributed by atoms with van der Waals surface area (Å²) in [6.07, 6.45) is 0. The maximum absolute atomic E-state index is 6.22. The summed E-state index contributed by atoms with van der Waals surface area (Å²) in [6.45, 7) is 12.1. The molecule has 19 heavy (non-hydrogen) atoms. The molecule has 0 bridgehead atoms. The lowest BCUT2D eigenvalue weighted by Crippen LogP contribution is -2.43. The van der Waals surface area contributed by atoms with Crippen LogP contribution in [0.2, 0.25) is 18.1 Å². The minimum Gasteiger partial charge on any atom is -0.544 e. The first-order valence-electron chi connectivity index (χ1n) is 6.61. The first kappa shape index (κ1) is 16.2. The number of ether oxygens (including phenoxy) is 2. The third-order valence-corrected chi connectivity index (χ3v) is 7.93. The van der Waals surface area contributed by atoms with Crippen LogP contribution in [0.5, 0.6) is 5.75 Å². The van der Waals surface area contributed by atoms with E-state index in [4.69, 9.17) is 13.9 Å². The SMILES string of the molecule is COCOCc1ccc(O[Si](C)(C)C(C)(C)C)cc1. The van der Waals surface area contributed by atoms with Gasteiger partial charge in [0.2, 0.25) is 8.32 Å². The molecular weight excluding hydrogens is 256 g/mol. The molecule has 0 N–H and O–H groups in total. The van der Waals surface area contributed by atoms with E-state index in [-0.39, 0.29) is 5.04 Å². The summed E-state index contributed by atoms with van der Waals surface area (Å²) < 4.78 is 16.4. The molecule has 0 aromatic heterocycles. The molecule has 0 atom stereocenters. The largest absolute Gasteiger partial charge is 0.544 e. The molecule has 0 aliphatic rings. The van der Waals surface area contributed by atoms with E-state index in [2.05, 4.69) is 33.9 Å². The molecule has 0 aliphatic heterocycles. The van der Waals surface area contributed by atoms with Gasteiger partial charge in [-0.2, -0.15) is 0 Å². The monoisotopic (exact) mass is 282 g/mol. The Morgan fingerprint density at radius 2 is 1.63 bits per heavy atom. The van der Waals surface area contributed by atoms with Gasteiger partial charge < -0.3 is 13.9 Å². The first-order valence-corrected chi connectivity index (χ1v) is 9.52. The highest BCUT2D eigenvalue weighted by Crippen LogP contribution is 2.37. The van der Waals surface area contributed by atoms with Gasteiger partial charge in [-0.25, -0.2) is 0 Å². The lowest BCUT2D eigenvalue weighted by molar-refractivity contribution is -0.0390. The van der Waals surface area contributed by atoms with Gasteiger partial charge in [0, 0.05) is 7.11 Å². The standard InChI is InChI=1S/C15H26O3Si/c1-15(2,3)19(5,6)18-14-9-7-13(8-10-14)11-17-12-16-4/h7-10H,11-12H2,1-6H3. The Morgan fingerprint density at radius 1 is 1.05 bits per heavy atom. The van der Waals surface area contributed by atoms with Gasteiger partial charge in [0.1, 0.15) is 12.5 Å². The summed E-state index contributed by atoms with van der Waals surface area (Å²) >= 11 is 0. The van der Waals surface area contributed by atoms with Crippen LogP contribution in [0, 0.1) is 0 Å². The molecule has 1 rings (SSSR count). The van der Waals surface area contributed by atoms with E-state index in [1.807, 2.05) is 24.3 Å². The van der Waals surface area contributed by atoms with Gasteiger partial charge in [-0.1, -0.05) is 32.9 Å². The summed E-state index contributed by atoms with van der Waals surface area (Å²) in [5.41, 5.74) is 1.12.